The number of hydrogen-bond acceptors (Lipinski definition) is 6. The Morgan fingerprint density at radius 1 is 1.31 bits per heavy atom. The van der Waals surface area contributed by atoms with Crippen LogP contribution in [-0.4, -0.2) is 30.1 Å². The number of anilines is 2. The molecule has 0 aliphatic carbocycles. The molecule has 1 fully saturated rings. The lowest BCUT2D eigenvalue weighted by atomic mass is 10.1. The summed E-state index contributed by atoms with van der Waals surface area (Å²) in [6.45, 7) is 1.29. The molecular formula is C18H19N3O5. The molecule has 1 aliphatic heterocycles. The van der Waals surface area contributed by atoms with E-state index in [2.05, 4.69) is 5.32 Å². The Bertz CT molecular complexity index is 801. The number of nitro groups is 1. The first-order valence-corrected chi connectivity index (χ1v) is 8.22. The molecule has 0 unspecified atom stereocenters. The summed E-state index contributed by atoms with van der Waals surface area (Å²) in [5.41, 5.74) is 5.96. The summed E-state index contributed by atoms with van der Waals surface area (Å²) in [5.74, 6) is -0.0166. The highest BCUT2D eigenvalue weighted by Crippen LogP contribution is 2.29. The molecular weight excluding hydrogens is 338 g/mol. The Kier molecular flexibility index (Phi) is 5.33. The summed E-state index contributed by atoms with van der Waals surface area (Å²) in [6, 6.07) is 11.1. The van der Waals surface area contributed by atoms with E-state index in [4.69, 9.17) is 15.2 Å². The largest absolute Gasteiger partial charge is 0.491 e. The van der Waals surface area contributed by atoms with Gasteiger partial charge in [0, 0.05) is 23.9 Å². The molecule has 0 aromatic heterocycles. The molecule has 1 saturated heterocycles. The van der Waals surface area contributed by atoms with Crippen LogP contribution in [0, 0.1) is 10.1 Å². The lowest BCUT2D eigenvalue weighted by Gasteiger charge is -2.12. The van der Waals surface area contributed by atoms with E-state index in [1.807, 2.05) is 0 Å². The number of ether oxygens (including phenoxy) is 2. The maximum atomic E-state index is 11.2. The number of benzene rings is 2. The summed E-state index contributed by atoms with van der Waals surface area (Å²) in [5, 5.41) is 14.2. The van der Waals surface area contributed by atoms with E-state index >= 15 is 0 Å². The predicted octanol–water partition coefficient (Wildman–Crippen LogP) is 3.00. The minimum Gasteiger partial charge on any atom is -0.491 e. The molecule has 8 nitrogen and oxygen atoms in total. The lowest BCUT2D eigenvalue weighted by Crippen LogP contribution is -2.16. The Hall–Kier alpha value is -3.13. The SMILES string of the molecule is NC(=O)c1ccc(Nc2ccc(OC[C@@H]3CCCO3)cc2)c([N+](=O)[O-])c1. The van der Waals surface area contributed by atoms with Crippen LogP contribution in [0.2, 0.25) is 0 Å². The average Bonchev–Trinajstić information content (AvgIpc) is 3.14. The van der Waals surface area contributed by atoms with E-state index in [9.17, 15) is 14.9 Å². The van der Waals surface area contributed by atoms with Gasteiger partial charge in [0.2, 0.25) is 5.91 Å². The van der Waals surface area contributed by atoms with Crippen molar-refractivity contribution in [3.63, 3.8) is 0 Å². The van der Waals surface area contributed by atoms with Gasteiger partial charge in [-0.25, -0.2) is 0 Å². The van der Waals surface area contributed by atoms with E-state index in [1.165, 1.54) is 12.1 Å². The number of amides is 1. The van der Waals surface area contributed by atoms with Crippen molar-refractivity contribution in [2.75, 3.05) is 18.5 Å². The molecule has 0 bridgehead atoms. The number of nitrogens with two attached hydrogens (primary N) is 1. The Morgan fingerprint density at radius 3 is 2.69 bits per heavy atom. The minimum atomic E-state index is -0.715. The van der Waals surface area contributed by atoms with Crippen LogP contribution in [0.3, 0.4) is 0 Å². The Labute approximate surface area is 150 Å². The number of primary amides is 1. The molecule has 0 saturated carbocycles. The smallest absolute Gasteiger partial charge is 0.293 e. The number of hydrogen-bond donors (Lipinski definition) is 2. The van der Waals surface area contributed by atoms with Gasteiger partial charge in [-0.3, -0.25) is 14.9 Å². The summed E-state index contributed by atoms with van der Waals surface area (Å²) < 4.78 is 11.2. The monoisotopic (exact) mass is 357 g/mol. The van der Waals surface area contributed by atoms with Gasteiger partial charge in [0.05, 0.1) is 11.0 Å². The van der Waals surface area contributed by atoms with Crippen molar-refractivity contribution in [2.45, 2.75) is 18.9 Å². The van der Waals surface area contributed by atoms with Crippen molar-refractivity contribution >= 4 is 23.0 Å². The zero-order valence-corrected chi connectivity index (χ0v) is 14.0. The van der Waals surface area contributed by atoms with E-state index in [0.717, 1.165) is 25.5 Å². The van der Waals surface area contributed by atoms with Gasteiger partial charge in [0.15, 0.2) is 0 Å². The normalized spacial score (nSPS) is 16.2. The highest BCUT2D eigenvalue weighted by atomic mass is 16.6. The Morgan fingerprint density at radius 2 is 2.08 bits per heavy atom. The first-order valence-electron chi connectivity index (χ1n) is 8.22. The quantitative estimate of drug-likeness (QED) is 0.581. The molecule has 26 heavy (non-hydrogen) atoms. The fourth-order valence-electron chi connectivity index (χ4n) is 2.70. The van der Waals surface area contributed by atoms with Crippen LogP contribution in [-0.2, 0) is 4.74 Å². The molecule has 0 radical (unpaired) electrons. The zero-order chi connectivity index (χ0) is 18.5. The first-order chi connectivity index (χ1) is 12.5. The van der Waals surface area contributed by atoms with Gasteiger partial charge in [-0.15, -0.1) is 0 Å². The zero-order valence-electron chi connectivity index (χ0n) is 14.0. The van der Waals surface area contributed by atoms with E-state index < -0.39 is 10.8 Å². The van der Waals surface area contributed by atoms with Gasteiger partial charge >= 0.3 is 0 Å². The number of carbonyl (C=O) groups is 1. The van der Waals surface area contributed by atoms with Gasteiger partial charge in [0.25, 0.3) is 5.69 Å². The molecule has 8 heteroatoms. The molecule has 3 N–H and O–H groups in total. The van der Waals surface area contributed by atoms with E-state index in [0.29, 0.717) is 18.0 Å². The van der Waals surface area contributed by atoms with Crippen LogP contribution in [0.5, 0.6) is 5.75 Å². The second-order valence-electron chi connectivity index (χ2n) is 5.95. The van der Waals surface area contributed by atoms with Crippen LogP contribution in [0.1, 0.15) is 23.2 Å². The van der Waals surface area contributed by atoms with Crippen LogP contribution < -0.4 is 15.8 Å². The number of nitrogens with zero attached hydrogens (tertiary/aromatic N) is 1. The van der Waals surface area contributed by atoms with Crippen LogP contribution in [0.15, 0.2) is 42.5 Å². The standard InChI is InChI=1S/C18H19N3O5/c19-18(22)12-3-8-16(17(10-12)21(23)24)20-13-4-6-14(7-5-13)26-11-15-2-1-9-25-15/h3-8,10,15,20H,1-2,9,11H2,(H2,19,22)/t15-/m0/s1. The third-order valence-electron chi connectivity index (χ3n) is 4.07. The molecule has 1 heterocycles. The highest BCUT2D eigenvalue weighted by molar-refractivity contribution is 5.94. The maximum absolute atomic E-state index is 11.2. The second kappa shape index (κ2) is 7.83. The van der Waals surface area contributed by atoms with E-state index in [-0.39, 0.29) is 23.0 Å². The van der Waals surface area contributed by atoms with Crippen LogP contribution >= 0.6 is 0 Å². The number of rotatable bonds is 7. The summed E-state index contributed by atoms with van der Waals surface area (Å²) in [6.07, 6.45) is 2.20. The summed E-state index contributed by atoms with van der Waals surface area (Å²) in [4.78, 5) is 21.9. The fourth-order valence-corrected chi connectivity index (χ4v) is 2.70. The average molecular weight is 357 g/mol. The van der Waals surface area contributed by atoms with Crippen molar-refractivity contribution in [2.24, 2.45) is 5.73 Å². The maximum Gasteiger partial charge on any atom is 0.293 e. The number of nitrogens with one attached hydrogen (secondary N) is 1. The van der Waals surface area contributed by atoms with Crippen molar-refractivity contribution < 1.29 is 19.2 Å². The molecule has 1 aliphatic rings. The molecule has 1 atom stereocenters. The van der Waals surface area contributed by atoms with Crippen molar-refractivity contribution in [1.82, 2.24) is 0 Å². The Balaban J connectivity index is 1.68. The highest BCUT2D eigenvalue weighted by Gasteiger charge is 2.17. The third kappa shape index (κ3) is 4.28. The van der Waals surface area contributed by atoms with Gasteiger partial charge < -0.3 is 20.5 Å². The topological polar surface area (TPSA) is 117 Å². The molecule has 3 rings (SSSR count). The predicted molar refractivity (Wildman–Crippen MR) is 95.8 cm³/mol. The molecule has 0 spiro atoms. The van der Waals surface area contributed by atoms with Crippen LogP contribution in [0.4, 0.5) is 17.1 Å². The van der Waals surface area contributed by atoms with E-state index in [1.54, 1.807) is 24.3 Å². The summed E-state index contributed by atoms with van der Waals surface area (Å²) in [7, 11) is 0. The van der Waals surface area contributed by atoms with Crippen molar-refractivity contribution in [3.05, 3.63) is 58.1 Å². The lowest BCUT2D eigenvalue weighted by molar-refractivity contribution is -0.383. The van der Waals surface area contributed by atoms with Crippen molar-refractivity contribution in [1.29, 1.82) is 0 Å². The third-order valence-corrected chi connectivity index (χ3v) is 4.07. The van der Waals surface area contributed by atoms with Gasteiger partial charge in [-0.2, -0.15) is 0 Å². The van der Waals surface area contributed by atoms with Gasteiger partial charge in [-0.05, 0) is 49.2 Å². The molecule has 1 amide bonds. The van der Waals surface area contributed by atoms with Gasteiger partial charge in [0.1, 0.15) is 18.0 Å². The number of nitro benzene ring substituents is 1. The van der Waals surface area contributed by atoms with Crippen LogP contribution in [0.25, 0.3) is 0 Å². The number of carbonyl (C=O) groups excluding carboxylic acids is 1. The first kappa shape index (κ1) is 17.7. The summed E-state index contributed by atoms with van der Waals surface area (Å²) >= 11 is 0. The van der Waals surface area contributed by atoms with Crippen molar-refractivity contribution in [3.8, 4) is 5.75 Å². The molecule has 2 aromatic rings. The second-order valence-corrected chi connectivity index (χ2v) is 5.95. The fraction of sp³-hybridized carbons (Fsp3) is 0.278. The minimum absolute atomic E-state index is 0.0835. The molecule has 2 aromatic carbocycles. The van der Waals surface area contributed by atoms with Gasteiger partial charge in [-0.1, -0.05) is 0 Å². The molecule has 136 valence electrons.